The number of ether oxygens (including phenoxy) is 15. The summed E-state index contributed by atoms with van der Waals surface area (Å²) in [6.07, 6.45) is -71.6. The molecule has 0 aromatic carbocycles. The predicted octanol–water partition coefficient (Wildman–Crippen LogP) is -17.7. The molecular weight excluding hydrogens is 1420 g/mol. The van der Waals surface area contributed by atoms with Gasteiger partial charge in [-0.3, -0.25) is 24.0 Å². The lowest BCUT2D eigenvalue weighted by Gasteiger charge is -2.51. The van der Waals surface area contributed by atoms with Crippen LogP contribution in [0.5, 0.6) is 0 Å². The molecule has 0 saturated carbocycles. The molecule has 8 aliphatic rings. The van der Waals surface area contributed by atoms with Crippen LogP contribution in [0.2, 0.25) is 0 Å². The lowest BCUT2D eigenvalue weighted by Crippen LogP contribution is -2.70. The molecule has 46 nitrogen and oxygen atoms in total. The number of aliphatic hydroxyl groups excluding tert-OH is 21. The van der Waals surface area contributed by atoms with Gasteiger partial charge in [0.1, 0.15) is 195 Å². The zero-order valence-corrected chi connectivity index (χ0v) is 56.3. The van der Waals surface area contributed by atoms with Crippen LogP contribution in [0.1, 0.15) is 34.6 Å². The van der Waals surface area contributed by atoms with Gasteiger partial charge in [0, 0.05) is 34.6 Å². The second-order valence-electron chi connectivity index (χ2n) is 26.1. The van der Waals surface area contributed by atoms with Crippen LogP contribution in [0.4, 0.5) is 0 Å². The molecule has 0 spiro atoms. The van der Waals surface area contributed by atoms with Crippen molar-refractivity contribution in [1.29, 1.82) is 0 Å². The van der Waals surface area contributed by atoms with Crippen LogP contribution in [0.3, 0.4) is 0 Å². The predicted molar refractivity (Wildman–Crippen MR) is 322 cm³/mol. The molecule has 104 heavy (non-hydrogen) atoms. The van der Waals surface area contributed by atoms with Crippen LogP contribution >= 0.6 is 0 Å². The van der Waals surface area contributed by atoms with Crippen molar-refractivity contribution in [2.75, 3.05) is 52.9 Å². The molecule has 8 fully saturated rings. The number of amides is 5. The van der Waals surface area contributed by atoms with Gasteiger partial charge < -0.3 is 205 Å². The van der Waals surface area contributed by atoms with Crippen molar-refractivity contribution in [3.8, 4) is 0 Å². The van der Waals surface area contributed by atoms with Gasteiger partial charge in [-0.2, -0.15) is 0 Å². The van der Waals surface area contributed by atoms with E-state index in [1.165, 1.54) is 0 Å². The van der Waals surface area contributed by atoms with Crippen LogP contribution in [-0.4, -0.2) is 435 Å². The molecule has 0 aromatic rings. The third-order valence-electron chi connectivity index (χ3n) is 18.6. The highest BCUT2D eigenvalue weighted by Crippen LogP contribution is 2.39. The third kappa shape index (κ3) is 19.4. The highest BCUT2D eigenvalue weighted by molar-refractivity contribution is 5.75. The molecule has 0 bridgehead atoms. The fourth-order valence-electron chi connectivity index (χ4n) is 13.3. The maximum absolute atomic E-state index is 13.0. The van der Waals surface area contributed by atoms with E-state index in [1.54, 1.807) is 0 Å². The average Bonchev–Trinajstić information content (AvgIpc) is 0.771. The molecule has 8 saturated heterocycles. The zero-order chi connectivity index (χ0) is 76.8. The third-order valence-corrected chi connectivity index (χ3v) is 18.6. The number of hydrogen-bond donors (Lipinski definition) is 26. The van der Waals surface area contributed by atoms with Crippen molar-refractivity contribution in [3.05, 3.63) is 0 Å². The largest absolute Gasteiger partial charge is 0.394 e. The molecule has 600 valence electrons. The van der Waals surface area contributed by atoms with Crippen molar-refractivity contribution >= 4 is 29.5 Å². The van der Waals surface area contributed by atoms with E-state index in [0.717, 1.165) is 34.6 Å². The first-order valence-electron chi connectivity index (χ1n) is 33.1. The number of hydrogen-bond acceptors (Lipinski definition) is 41. The average molecular weight is 1520 g/mol. The van der Waals surface area contributed by atoms with E-state index in [0.29, 0.717) is 0 Å². The fraction of sp³-hybridized carbons (Fsp3) is 0.914. The summed E-state index contributed by atoms with van der Waals surface area (Å²) in [6, 6.07) is -8.69. The lowest BCUT2D eigenvalue weighted by atomic mass is 9.93. The summed E-state index contributed by atoms with van der Waals surface area (Å²) < 4.78 is 89.4. The molecular formula is C58H97N5O41. The van der Waals surface area contributed by atoms with Crippen molar-refractivity contribution in [1.82, 2.24) is 26.6 Å². The number of rotatable bonds is 27. The van der Waals surface area contributed by atoms with E-state index in [9.17, 15) is 131 Å². The van der Waals surface area contributed by atoms with Gasteiger partial charge in [-0.15, -0.1) is 0 Å². The second-order valence-corrected chi connectivity index (χ2v) is 26.1. The molecule has 4 unspecified atom stereocenters. The van der Waals surface area contributed by atoms with Gasteiger partial charge in [-0.1, -0.05) is 0 Å². The summed E-state index contributed by atoms with van der Waals surface area (Å²) in [5, 5.41) is 246. The van der Waals surface area contributed by atoms with Crippen molar-refractivity contribution in [2.24, 2.45) is 0 Å². The molecule has 8 aliphatic heterocycles. The van der Waals surface area contributed by atoms with Gasteiger partial charge >= 0.3 is 0 Å². The Bertz CT molecular complexity index is 2770. The molecule has 0 aromatic heterocycles. The van der Waals surface area contributed by atoms with Crippen LogP contribution in [0.25, 0.3) is 0 Å². The first kappa shape index (κ1) is 85.5. The molecule has 8 heterocycles. The van der Waals surface area contributed by atoms with Crippen molar-refractivity contribution in [2.45, 2.75) is 280 Å². The summed E-state index contributed by atoms with van der Waals surface area (Å²) in [4.78, 5) is 62.4. The Kier molecular flexibility index (Phi) is 30.9. The summed E-state index contributed by atoms with van der Waals surface area (Å²) in [6.45, 7) is -3.40. The quantitative estimate of drug-likeness (QED) is 0.0363. The Morgan fingerprint density at radius 1 is 0.250 bits per heavy atom. The van der Waals surface area contributed by atoms with E-state index in [2.05, 4.69) is 26.6 Å². The monoisotopic (exact) mass is 1520 g/mol. The van der Waals surface area contributed by atoms with Crippen LogP contribution in [0.15, 0.2) is 0 Å². The van der Waals surface area contributed by atoms with Crippen molar-refractivity contribution < 1.29 is 202 Å². The first-order chi connectivity index (χ1) is 49.1. The van der Waals surface area contributed by atoms with E-state index in [4.69, 9.17) is 71.1 Å². The standard InChI is InChI=1S/C58H97N5O41/c1-14(70)59-27-41(84)46(23(10-68)92-51(27)89)100-55-31(63-18(5)74)42(85)47(24(11-69)97-55)101-56-45(88)48(102-58-50(43(86)35(78)22(9-67)96-58)104-54-30(62-17(4)73)40(83)34(77)21(8-66)95-54)37(80)26(98-56)13-91-57-49(103-53-29(61-16(3)72)39(82)33(76)20(7-65)94-53)44(87)36(79)25(99-57)12-90-52-28(60-15(2)71)38(81)32(75)19(6-64)93-52/h19-58,64-69,75-89H,6-13H2,1-5H3,(H,59,70)(H,60,71)(H,61,72)(H,62,73)(H,63,74)/t19-,20-,21-,22-,23-,24-,25-,26-,27-,28-,29-,30+,31-,32-,33-,34-,35-,36-,37-,38-,39-,40-,41-,42-,43+,44+,45+,46-,47-,48+,49+,50+,51?,52?,53?,54?,55+,56+,57+,58-/m1/s1. The Morgan fingerprint density at radius 3 is 0.942 bits per heavy atom. The summed E-state index contributed by atoms with van der Waals surface area (Å²) in [5.74, 6) is -4.21. The molecule has 8 rings (SSSR count). The maximum atomic E-state index is 13.0. The van der Waals surface area contributed by atoms with Gasteiger partial charge in [0.25, 0.3) is 0 Å². The second kappa shape index (κ2) is 37.5. The highest BCUT2D eigenvalue weighted by atomic mass is 16.8. The molecule has 0 radical (unpaired) electrons. The van der Waals surface area contributed by atoms with Gasteiger partial charge in [0.2, 0.25) is 29.5 Å². The summed E-state index contributed by atoms with van der Waals surface area (Å²) in [5.41, 5.74) is 0. The van der Waals surface area contributed by atoms with E-state index in [-0.39, 0.29) is 0 Å². The molecule has 40 atom stereocenters. The van der Waals surface area contributed by atoms with Crippen LogP contribution in [0, 0.1) is 0 Å². The van der Waals surface area contributed by atoms with E-state index in [1.807, 2.05) is 0 Å². The first-order valence-corrected chi connectivity index (χ1v) is 33.1. The smallest absolute Gasteiger partial charge is 0.217 e. The SMILES string of the molecule is CC(=O)N[C@H]1[C@H](O[C@H]2[C@H](O)[C@@H](NC(C)=O)C(O)O[C@@H]2CO)O[C@H](CO)[C@@H](O[C@@H]2O[C@H](CO[C@H]3O[C@H](COC4O[C@H](CO)[C@@H](O)[C@H](O)[C@H]4NC(C)=O)[C@@H](O)[C@H](O)[C@@H]3OC3O[C@H](CO)[C@@H](O)[C@H](O)[C@H]3NC(C)=O)[C@@H](O)[C@H](O[C@H]3O[C@H](CO)[C@@H](O)[C@H](O)[C@@H]3OC3O[C@H](CO)[C@@H](O)[C@H](O)[C@@H]3NC(C)=O)[C@@H]2O)[C@@H]1O. The normalized spacial score (nSPS) is 47.2. The summed E-state index contributed by atoms with van der Waals surface area (Å²) in [7, 11) is 0. The molecule has 5 amide bonds. The highest BCUT2D eigenvalue weighted by Gasteiger charge is 2.60. The molecule has 46 heteroatoms. The Morgan fingerprint density at radius 2 is 0.519 bits per heavy atom. The topological polar surface area (TPSA) is 709 Å². The summed E-state index contributed by atoms with van der Waals surface area (Å²) >= 11 is 0. The zero-order valence-electron chi connectivity index (χ0n) is 56.3. The van der Waals surface area contributed by atoms with Crippen LogP contribution < -0.4 is 26.6 Å². The Balaban J connectivity index is 1.18. The number of aliphatic hydroxyl groups is 21. The Hall–Kier alpha value is -4.09. The van der Waals surface area contributed by atoms with Gasteiger partial charge in [-0.05, 0) is 0 Å². The maximum Gasteiger partial charge on any atom is 0.217 e. The minimum atomic E-state index is -2.53. The van der Waals surface area contributed by atoms with Gasteiger partial charge in [0.15, 0.2) is 50.3 Å². The molecule has 0 aliphatic carbocycles. The minimum Gasteiger partial charge on any atom is -0.394 e. The van der Waals surface area contributed by atoms with Gasteiger partial charge in [-0.25, -0.2) is 0 Å². The number of nitrogens with one attached hydrogen (secondary N) is 5. The lowest BCUT2D eigenvalue weighted by molar-refractivity contribution is -0.396. The minimum absolute atomic E-state index is 0.775. The number of carbonyl (C=O) groups excluding carboxylic acids is 5. The number of carbonyl (C=O) groups is 5. The van der Waals surface area contributed by atoms with Gasteiger partial charge in [0.05, 0.1) is 52.9 Å². The molecule has 26 N–H and O–H groups in total. The fourth-order valence-corrected chi connectivity index (χ4v) is 13.3. The Labute approximate surface area is 589 Å². The van der Waals surface area contributed by atoms with Crippen LogP contribution in [-0.2, 0) is 95.0 Å². The van der Waals surface area contributed by atoms with E-state index < -0.39 is 328 Å². The van der Waals surface area contributed by atoms with E-state index >= 15 is 0 Å². The van der Waals surface area contributed by atoms with Crippen molar-refractivity contribution in [3.63, 3.8) is 0 Å².